The first-order valence-corrected chi connectivity index (χ1v) is 8.92. The second-order valence-electron chi connectivity index (χ2n) is 5.81. The van der Waals surface area contributed by atoms with Gasteiger partial charge in [-0.2, -0.15) is 4.31 Å². The number of anilines is 1. The molecule has 5 heteroatoms. The molecule has 110 valence electrons. The fourth-order valence-electron chi connectivity index (χ4n) is 3.18. The summed E-state index contributed by atoms with van der Waals surface area (Å²) in [6.07, 6.45) is 5.08. The number of benzene rings is 1. The Balaban J connectivity index is 1.94. The number of nitrogens with zero attached hydrogens (tertiary/aromatic N) is 1. The van der Waals surface area contributed by atoms with Gasteiger partial charge in [0.2, 0.25) is 10.0 Å². The van der Waals surface area contributed by atoms with Gasteiger partial charge < -0.3 is 5.32 Å². The molecule has 2 heterocycles. The summed E-state index contributed by atoms with van der Waals surface area (Å²) in [4.78, 5) is 0.453. The fourth-order valence-corrected chi connectivity index (χ4v) is 4.93. The topological polar surface area (TPSA) is 49.4 Å². The van der Waals surface area contributed by atoms with Crippen LogP contribution in [0.1, 0.15) is 38.2 Å². The lowest BCUT2D eigenvalue weighted by molar-refractivity contribution is 0.268. The number of piperidine rings is 1. The third-order valence-corrected chi connectivity index (χ3v) is 6.37. The van der Waals surface area contributed by atoms with Gasteiger partial charge in [0.1, 0.15) is 0 Å². The highest BCUT2D eigenvalue weighted by atomic mass is 32.2. The zero-order valence-corrected chi connectivity index (χ0v) is 12.7. The molecule has 2 aliphatic rings. The normalized spacial score (nSPS) is 23.9. The third-order valence-electron chi connectivity index (χ3n) is 4.36. The quantitative estimate of drug-likeness (QED) is 0.912. The molecular weight excluding hydrogens is 272 g/mol. The molecule has 0 amide bonds. The Morgan fingerprint density at radius 2 is 2.10 bits per heavy atom. The van der Waals surface area contributed by atoms with Crippen molar-refractivity contribution in [3.63, 3.8) is 0 Å². The van der Waals surface area contributed by atoms with Crippen molar-refractivity contribution in [3.8, 4) is 0 Å². The van der Waals surface area contributed by atoms with Gasteiger partial charge >= 0.3 is 0 Å². The van der Waals surface area contributed by atoms with Crippen LogP contribution in [0.25, 0.3) is 0 Å². The van der Waals surface area contributed by atoms with Crippen LogP contribution in [0.4, 0.5) is 5.69 Å². The molecule has 0 radical (unpaired) electrons. The van der Waals surface area contributed by atoms with Gasteiger partial charge in [0.15, 0.2) is 0 Å². The number of nitrogens with one attached hydrogen (secondary N) is 1. The average molecular weight is 294 g/mol. The number of fused-ring (bicyclic) bond motifs is 1. The first-order valence-electron chi connectivity index (χ1n) is 7.48. The van der Waals surface area contributed by atoms with Gasteiger partial charge in [-0.1, -0.05) is 6.42 Å². The molecular formula is C15H22N2O2S. The van der Waals surface area contributed by atoms with E-state index in [0.717, 1.165) is 49.9 Å². The van der Waals surface area contributed by atoms with Crippen molar-refractivity contribution in [2.24, 2.45) is 0 Å². The second kappa shape index (κ2) is 5.37. The highest BCUT2D eigenvalue weighted by molar-refractivity contribution is 7.89. The van der Waals surface area contributed by atoms with Gasteiger partial charge in [0.25, 0.3) is 0 Å². The zero-order valence-electron chi connectivity index (χ0n) is 11.9. The summed E-state index contributed by atoms with van der Waals surface area (Å²) in [6.45, 7) is 3.64. The molecule has 0 saturated carbocycles. The van der Waals surface area contributed by atoms with Crippen molar-refractivity contribution in [1.82, 2.24) is 4.31 Å². The summed E-state index contributed by atoms with van der Waals surface area (Å²) < 4.78 is 27.3. The molecule has 2 aliphatic heterocycles. The molecule has 1 fully saturated rings. The lowest BCUT2D eigenvalue weighted by Crippen LogP contribution is -2.41. The number of rotatable bonds is 2. The van der Waals surface area contributed by atoms with Crippen LogP contribution >= 0.6 is 0 Å². The molecule has 20 heavy (non-hydrogen) atoms. The number of sulfonamides is 1. The first-order chi connectivity index (χ1) is 9.59. The maximum absolute atomic E-state index is 12.8. The van der Waals surface area contributed by atoms with E-state index in [1.807, 2.05) is 19.1 Å². The van der Waals surface area contributed by atoms with E-state index < -0.39 is 10.0 Å². The second-order valence-corrected chi connectivity index (χ2v) is 7.70. The molecule has 1 atom stereocenters. The van der Waals surface area contributed by atoms with E-state index in [4.69, 9.17) is 0 Å². The Bertz CT molecular complexity index is 598. The Kier molecular flexibility index (Phi) is 3.73. The molecule has 3 rings (SSSR count). The number of hydrogen-bond donors (Lipinski definition) is 1. The molecule has 1 N–H and O–H groups in total. The largest absolute Gasteiger partial charge is 0.385 e. The lowest BCUT2D eigenvalue weighted by atomic mass is 10.0. The van der Waals surface area contributed by atoms with Gasteiger partial charge in [0.05, 0.1) is 4.90 Å². The van der Waals surface area contributed by atoms with Gasteiger partial charge in [-0.05, 0) is 56.4 Å². The van der Waals surface area contributed by atoms with E-state index in [1.54, 1.807) is 10.4 Å². The first kappa shape index (κ1) is 13.9. The minimum atomic E-state index is -3.34. The smallest absolute Gasteiger partial charge is 0.243 e. The van der Waals surface area contributed by atoms with Crippen molar-refractivity contribution in [3.05, 3.63) is 23.8 Å². The van der Waals surface area contributed by atoms with Crippen molar-refractivity contribution in [2.75, 3.05) is 18.4 Å². The van der Waals surface area contributed by atoms with Crippen molar-refractivity contribution in [1.29, 1.82) is 0 Å². The van der Waals surface area contributed by atoms with Crippen LogP contribution in [0.2, 0.25) is 0 Å². The molecule has 4 nitrogen and oxygen atoms in total. The van der Waals surface area contributed by atoms with E-state index in [0.29, 0.717) is 11.4 Å². The molecule has 0 aliphatic carbocycles. The molecule has 0 bridgehead atoms. The van der Waals surface area contributed by atoms with Crippen LogP contribution in [0, 0.1) is 0 Å². The molecule has 0 aromatic heterocycles. The molecule has 1 unspecified atom stereocenters. The summed E-state index contributed by atoms with van der Waals surface area (Å²) in [7, 11) is -3.34. The fraction of sp³-hybridized carbons (Fsp3) is 0.600. The van der Waals surface area contributed by atoms with Crippen LogP contribution in [0.5, 0.6) is 0 Å². The standard InChI is InChI=1S/C15H22N2O2S/c1-12-5-2-3-10-17(12)20(18,19)14-7-8-15-13(11-14)6-4-9-16-15/h7-8,11-12,16H,2-6,9-10H2,1H3. The Morgan fingerprint density at radius 3 is 2.90 bits per heavy atom. The third kappa shape index (κ3) is 2.44. The highest BCUT2D eigenvalue weighted by Gasteiger charge is 2.31. The van der Waals surface area contributed by atoms with Crippen molar-refractivity contribution in [2.45, 2.75) is 50.0 Å². The van der Waals surface area contributed by atoms with E-state index >= 15 is 0 Å². The lowest BCUT2D eigenvalue weighted by Gasteiger charge is -2.32. The van der Waals surface area contributed by atoms with Crippen LogP contribution in [-0.2, 0) is 16.4 Å². The van der Waals surface area contributed by atoms with E-state index in [9.17, 15) is 8.42 Å². The van der Waals surface area contributed by atoms with Crippen LogP contribution in [-0.4, -0.2) is 31.9 Å². The van der Waals surface area contributed by atoms with E-state index in [1.165, 1.54) is 0 Å². The molecule has 0 spiro atoms. The predicted octanol–water partition coefficient (Wildman–Crippen LogP) is 2.61. The number of hydrogen-bond acceptors (Lipinski definition) is 3. The summed E-state index contributed by atoms with van der Waals surface area (Å²) >= 11 is 0. The van der Waals surface area contributed by atoms with Gasteiger partial charge in [0, 0.05) is 24.8 Å². The minimum absolute atomic E-state index is 0.114. The van der Waals surface area contributed by atoms with Gasteiger partial charge in [-0.25, -0.2) is 8.42 Å². The minimum Gasteiger partial charge on any atom is -0.385 e. The van der Waals surface area contributed by atoms with Crippen molar-refractivity contribution < 1.29 is 8.42 Å². The van der Waals surface area contributed by atoms with Crippen molar-refractivity contribution >= 4 is 15.7 Å². The maximum atomic E-state index is 12.8. The summed E-state index contributed by atoms with van der Waals surface area (Å²) in [5.41, 5.74) is 2.21. The molecule has 1 saturated heterocycles. The summed E-state index contributed by atoms with van der Waals surface area (Å²) in [6, 6.07) is 5.63. The Labute approximate surface area is 121 Å². The van der Waals surface area contributed by atoms with Crippen LogP contribution < -0.4 is 5.32 Å². The van der Waals surface area contributed by atoms with E-state index in [2.05, 4.69) is 5.32 Å². The highest BCUT2D eigenvalue weighted by Crippen LogP contribution is 2.29. The summed E-state index contributed by atoms with van der Waals surface area (Å²) in [5.74, 6) is 0. The predicted molar refractivity (Wildman–Crippen MR) is 80.5 cm³/mol. The summed E-state index contributed by atoms with van der Waals surface area (Å²) in [5, 5.41) is 3.32. The molecule has 1 aromatic rings. The number of aryl methyl sites for hydroxylation is 1. The zero-order chi connectivity index (χ0) is 14.2. The van der Waals surface area contributed by atoms with Gasteiger partial charge in [-0.15, -0.1) is 0 Å². The molecule has 1 aromatic carbocycles. The van der Waals surface area contributed by atoms with E-state index in [-0.39, 0.29) is 6.04 Å². The van der Waals surface area contributed by atoms with Crippen LogP contribution in [0.3, 0.4) is 0 Å². The monoisotopic (exact) mass is 294 g/mol. The Morgan fingerprint density at radius 1 is 1.25 bits per heavy atom. The SMILES string of the molecule is CC1CCCCN1S(=O)(=O)c1ccc2c(c1)CCCN2. The van der Waals surface area contributed by atoms with Crippen LogP contribution in [0.15, 0.2) is 23.1 Å². The average Bonchev–Trinajstić information content (AvgIpc) is 2.47. The van der Waals surface area contributed by atoms with Gasteiger partial charge in [-0.3, -0.25) is 0 Å². The maximum Gasteiger partial charge on any atom is 0.243 e. The Hall–Kier alpha value is -1.07.